The Morgan fingerprint density at radius 2 is 1.74 bits per heavy atom. The topological polar surface area (TPSA) is 64.1 Å². The van der Waals surface area contributed by atoms with Crippen LogP contribution < -0.4 is 0 Å². The van der Waals surface area contributed by atoms with Crippen molar-refractivity contribution < 1.29 is 14.7 Å². The first-order valence-electron chi connectivity index (χ1n) is 8.60. The molecule has 0 aromatic carbocycles. The number of aliphatic carboxylic acids is 1. The summed E-state index contributed by atoms with van der Waals surface area (Å²) in [7, 11) is 3.75. The molecule has 6 heteroatoms. The monoisotopic (exact) mass is 327 g/mol. The van der Waals surface area contributed by atoms with Crippen molar-refractivity contribution in [1.29, 1.82) is 0 Å². The third-order valence-corrected chi connectivity index (χ3v) is 4.79. The van der Waals surface area contributed by atoms with Crippen LogP contribution in [0.5, 0.6) is 0 Å². The molecule has 1 amide bonds. The summed E-state index contributed by atoms with van der Waals surface area (Å²) in [5.41, 5.74) is 0. The van der Waals surface area contributed by atoms with E-state index in [0.717, 1.165) is 32.4 Å². The lowest BCUT2D eigenvalue weighted by atomic mass is 10.0. The number of piperidine rings is 1. The van der Waals surface area contributed by atoms with Crippen molar-refractivity contribution in [2.45, 2.75) is 52.1 Å². The van der Waals surface area contributed by atoms with E-state index in [4.69, 9.17) is 5.11 Å². The maximum atomic E-state index is 12.4. The molecule has 0 aromatic rings. The molecular formula is C17H33N3O3. The molecule has 0 radical (unpaired) electrons. The number of hydrogen-bond donors (Lipinski definition) is 1. The number of carbonyl (C=O) groups excluding carboxylic acids is 1. The van der Waals surface area contributed by atoms with Crippen molar-refractivity contribution in [2.24, 2.45) is 5.92 Å². The summed E-state index contributed by atoms with van der Waals surface area (Å²) in [5.74, 6) is -0.0258. The van der Waals surface area contributed by atoms with Crippen LogP contribution in [0.25, 0.3) is 0 Å². The Bertz CT molecular complexity index is 393. The Morgan fingerprint density at radius 1 is 1.17 bits per heavy atom. The lowest BCUT2D eigenvalue weighted by molar-refractivity contribution is -0.138. The van der Waals surface area contributed by atoms with Gasteiger partial charge in [-0.2, -0.15) is 0 Å². The molecular weight excluding hydrogens is 294 g/mol. The molecule has 1 rings (SSSR count). The molecule has 6 nitrogen and oxygen atoms in total. The Kier molecular flexibility index (Phi) is 7.99. The van der Waals surface area contributed by atoms with Crippen molar-refractivity contribution in [2.75, 3.05) is 40.3 Å². The van der Waals surface area contributed by atoms with Crippen molar-refractivity contribution in [1.82, 2.24) is 14.7 Å². The second kappa shape index (κ2) is 9.23. The van der Waals surface area contributed by atoms with Gasteiger partial charge in [-0.25, -0.2) is 0 Å². The van der Waals surface area contributed by atoms with E-state index in [1.54, 1.807) is 0 Å². The minimum Gasteiger partial charge on any atom is -0.480 e. The van der Waals surface area contributed by atoms with Gasteiger partial charge in [-0.05, 0) is 39.2 Å². The predicted octanol–water partition coefficient (Wildman–Crippen LogP) is 1.36. The molecule has 1 aliphatic rings. The molecule has 1 saturated heterocycles. The number of amides is 1. The Hall–Kier alpha value is -1.14. The van der Waals surface area contributed by atoms with Crippen LogP contribution in [-0.4, -0.2) is 84.0 Å². The average Bonchev–Trinajstić information content (AvgIpc) is 2.45. The van der Waals surface area contributed by atoms with E-state index in [0.29, 0.717) is 18.5 Å². The van der Waals surface area contributed by atoms with E-state index in [-0.39, 0.29) is 18.5 Å². The standard InChI is InChI=1S/C17H33N3O3/c1-13(2)10-14(3)19(5)16(21)11-20-8-6-15(7-9-20)18(4)12-17(22)23/h13-15H,6-12H2,1-5H3,(H,22,23). The van der Waals surface area contributed by atoms with Gasteiger partial charge in [0.2, 0.25) is 5.91 Å². The third-order valence-electron chi connectivity index (χ3n) is 4.79. The van der Waals surface area contributed by atoms with E-state index in [1.807, 2.05) is 23.9 Å². The van der Waals surface area contributed by atoms with Crippen LogP contribution in [0, 0.1) is 5.92 Å². The molecule has 1 N–H and O–H groups in total. The van der Waals surface area contributed by atoms with Gasteiger partial charge in [-0.1, -0.05) is 13.8 Å². The molecule has 1 atom stereocenters. The lowest BCUT2D eigenvalue weighted by Gasteiger charge is -2.37. The number of hydrogen-bond acceptors (Lipinski definition) is 4. The Balaban J connectivity index is 2.37. The molecule has 1 aliphatic heterocycles. The Morgan fingerprint density at radius 3 is 2.22 bits per heavy atom. The quantitative estimate of drug-likeness (QED) is 0.729. The van der Waals surface area contributed by atoms with Crippen LogP contribution in [-0.2, 0) is 9.59 Å². The molecule has 0 spiro atoms. The summed E-state index contributed by atoms with van der Waals surface area (Å²) in [5, 5.41) is 8.86. The number of carbonyl (C=O) groups is 2. The second-order valence-electron chi connectivity index (χ2n) is 7.30. The molecule has 0 saturated carbocycles. The first kappa shape index (κ1) is 19.9. The SMILES string of the molecule is CC(C)CC(C)N(C)C(=O)CN1CCC(N(C)CC(=O)O)CC1. The highest BCUT2D eigenvalue weighted by Gasteiger charge is 2.26. The van der Waals surface area contributed by atoms with Crippen LogP contribution >= 0.6 is 0 Å². The van der Waals surface area contributed by atoms with E-state index < -0.39 is 5.97 Å². The smallest absolute Gasteiger partial charge is 0.317 e. The van der Waals surface area contributed by atoms with Gasteiger partial charge in [0.15, 0.2) is 0 Å². The molecule has 0 bridgehead atoms. The van der Waals surface area contributed by atoms with Gasteiger partial charge < -0.3 is 10.0 Å². The van der Waals surface area contributed by atoms with Crippen molar-refractivity contribution >= 4 is 11.9 Å². The number of carboxylic acids is 1. The van der Waals surface area contributed by atoms with E-state index in [9.17, 15) is 9.59 Å². The zero-order valence-corrected chi connectivity index (χ0v) is 15.3. The normalized spacial score (nSPS) is 18.4. The number of nitrogens with zero attached hydrogens (tertiary/aromatic N) is 3. The maximum absolute atomic E-state index is 12.4. The molecule has 0 aliphatic carbocycles. The first-order valence-corrected chi connectivity index (χ1v) is 8.60. The van der Waals surface area contributed by atoms with Gasteiger partial charge in [-0.3, -0.25) is 19.4 Å². The highest BCUT2D eigenvalue weighted by Crippen LogP contribution is 2.16. The number of likely N-dealkylation sites (N-methyl/N-ethyl adjacent to an activating group) is 2. The lowest BCUT2D eigenvalue weighted by Crippen LogP contribution is -2.48. The fourth-order valence-electron chi connectivity index (χ4n) is 3.25. The fraction of sp³-hybridized carbons (Fsp3) is 0.882. The van der Waals surface area contributed by atoms with Crippen molar-refractivity contribution in [3.8, 4) is 0 Å². The number of likely N-dealkylation sites (tertiary alicyclic amines) is 1. The number of rotatable bonds is 8. The second-order valence-corrected chi connectivity index (χ2v) is 7.30. The van der Waals surface area contributed by atoms with Gasteiger partial charge in [-0.15, -0.1) is 0 Å². The maximum Gasteiger partial charge on any atom is 0.317 e. The fourth-order valence-corrected chi connectivity index (χ4v) is 3.25. The van der Waals surface area contributed by atoms with Gasteiger partial charge in [0.05, 0.1) is 13.1 Å². The zero-order chi connectivity index (χ0) is 17.6. The summed E-state index contributed by atoms with van der Waals surface area (Å²) in [6.07, 6.45) is 2.86. The van der Waals surface area contributed by atoms with Crippen molar-refractivity contribution in [3.05, 3.63) is 0 Å². The van der Waals surface area contributed by atoms with Gasteiger partial charge in [0, 0.05) is 32.2 Å². The molecule has 1 unspecified atom stereocenters. The highest BCUT2D eigenvalue weighted by molar-refractivity contribution is 5.78. The molecule has 1 heterocycles. The minimum absolute atomic E-state index is 0.0824. The van der Waals surface area contributed by atoms with Gasteiger partial charge in [0.1, 0.15) is 0 Å². The molecule has 23 heavy (non-hydrogen) atoms. The first-order chi connectivity index (χ1) is 10.7. The summed E-state index contributed by atoms with van der Waals surface area (Å²) in [6.45, 7) is 8.71. The van der Waals surface area contributed by atoms with E-state index >= 15 is 0 Å². The summed E-state index contributed by atoms with van der Waals surface area (Å²) < 4.78 is 0. The van der Waals surface area contributed by atoms with E-state index in [2.05, 4.69) is 25.7 Å². The van der Waals surface area contributed by atoms with Crippen LogP contribution in [0.15, 0.2) is 0 Å². The summed E-state index contributed by atoms with van der Waals surface area (Å²) in [6, 6.07) is 0.566. The summed E-state index contributed by atoms with van der Waals surface area (Å²) in [4.78, 5) is 29.1. The number of carboxylic acid groups (broad SMARTS) is 1. The zero-order valence-electron chi connectivity index (χ0n) is 15.3. The largest absolute Gasteiger partial charge is 0.480 e. The highest BCUT2D eigenvalue weighted by atomic mass is 16.4. The molecule has 1 fully saturated rings. The van der Waals surface area contributed by atoms with Crippen molar-refractivity contribution in [3.63, 3.8) is 0 Å². The van der Waals surface area contributed by atoms with Gasteiger partial charge >= 0.3 is 5.97 Å². The molecule has 134 valence electrons. The van der Waals surface area contributed by atoms with Crippen LogP contribution in [0.4, 0.5) is 0 Å². The van der Waals surface area contributed by atoms with Gasteiger partial charge in [0.25, 0.3) is 0 Å². The minimum atomic E-state index is -0.786. The summed E-state index contributed by atoms with van der Waals surface area (Å²) >= 11 is 0. The van der Waals surface area contributed by atoms with Crippen LogP contribution in [0.1, 0.15) is 40.0 Å². The Labute approximate surface area is 140 Å². The van der Waals surface area contributed by atoms with Crippen LogP contribution in [0.3, 0.4) is 0 Å². The van der Waals surface area contributed by atoms with E-state index in [1.165, 1.54) is 0 Å². The predicted molar refractivity (Wildman–Crippen MR) is 91.4 cm³/mol. The third kappa shape index (κ3) is 6.87. The average molecular weight is 327 g/mol. The molecule has 0 aromatic heterocycles. The van der Waals surface area contributed by atoms with Crippen LogP contribution in [0.2, 0.25) is 0 Å².